The summed E-state index contributed by atoms with van der Waals surface area (Å²) in [5, 5.41) is 22.8. The second-order valence-electron chi connectivity index (χ2n) is 12.7. The summed E-state index contributed by atoms with van der Waals surface area (Å²) in [5.74, 6) is -0.824. The lowest BCUT2D eigenvalue weighted by molar-refractivity contribution is -0.431. The normalized spacial score (nSPS) is 17.6. The van der Waals surface area contributed by atoms with Gasteiger partial charge in [-0.05, 0) is 30.2 Å². The topological polar surface area (TPSA) is 107 Å². The van der Waals surface area contributed by atoms with E-state index in [4.69, 9.17) is 0 Å². The molecule has 0 fully saturated rings. The molecule has 0 saturated heterocycles. The van der Waals surface area contributed by atoms with E-state index in [-0.39, 0.29) is 11.0 Å². The van der Waals surface area contributed by atoms with E-state index in [9.17, 15) is 25.0 Å². The summed E-state index contributed by atoms with van der Waals surface area (Å²) in [6.07, 6.45) is 26.2. The van der Waals surface area contributed by atoms with Crippen LogP contribution in [0.4, 0.5) is 5.69 Å². The highest BCUT2D eigenvalue weighted by Gasteiger charge is 2.39. The first-order chi connectivity index (χ1) is 21.2. The Bertz CT molecular complexity index is 1270. The molecule has 8 heteroatoms. The van der Waals surface area contributed by atoms with E-state index >= 15 is 0 Å². The van der Waals surface area contributed by atoms with Gasteiger partial charge in [0.2, 0.25) is 0 Å². The van der Waals surface area contributed by atoms with Crippen LogP contribution in [-0.2, 0) is 10.2 Å². The maximum atomic E-state index is 12.8. The van der Waals surface area contributed by atoms with Crippen LogP contribution in [0.5, 0.6) is 0 Å². The van der Waals surface area contributed by atoms with E-state index in [0.29, 0.717) is 0 Å². The second-order valence-corrected chi connectivity index (χ2v) is 12.7. The predicted octanol–water partition coefficient (Wildman–Crippen LogP) is 9.76. The molecular formula is C36H51N3O5. The number of fused-ring (bicyclic) bond motifs is 1. The van der Waals surface area contributed by atoms with Crippen LogP contribution in [0.1, 0.15) is 129 Å². The minimum Gasteiger partial charge on any atom is -0.344 e. The Morgan fingerprint density at radius 1 is 0.727 bits per heavy atom. The highest BCUT2D eigenvalue weighted by molar-refractivity contribution is 6.10. The molecule has 1 aromatic rings. The zero-order chi connectivity index (χ0) is 32.0. The first-order valence-corrected chi connectivity index (χ1v) is 16.7. The van der Waals surface area contributed by atoms with Crippen molar-refractivity contribution in [1.82, 2.24) is 0 Å². The second kappa shape index (κ2) is 17.7. The standard InChI is InChI=1S/C36H51N3O5/c1-4-5-6-7-8-9-10-11-12-13-14-15-16-17-18-21-26-37-32-23-20-19-22-31(32)36(2,3)34(37)25-24-29-27-30(38(41)42)28-33(35(29)40)39(43)44/h19-20,22-25,27-28H,4-18,21,26H2,1-3H3/b29-24+,34-25-. The van der Waals surface area contributed by atoms with Crippen LogP contribution in [-0.4, -0.2) is 22.2 Å². The number of hydrogen-bond donors (Lipinski definition) is 0. The molecule has 0 aromatic heterocycles. The van der Waals surface area contributed by atoms with Crippen LogP contribution in [0.3, 0.4) is 0 Å². The zero-order valence-corrected chi connectivity index (χ0v) is 27.0. The quantitative estimate of drug-likeness (QED) is 0.0634. The smallest absolute Gasteiger partial charge is 0.323 e. The molecule has 0 saturated carbocycles. The summed E-state index contributed by atoms with van der Waals surface area (Å²) < 4.78 is 0. The molecule has 0 radical (unpaired) electrons. The van der Waals surface area contributed by atoms with Gasteiger partial charge in [0, 0.05) is 35.0 Å². The average molecular weight is 606 g/mol. The third kappa shape index (κ3) is 9.73. The fraction of sp³-hybridized carbons (Fsp3) is 0.583. The van der Waals surface area contributed by atoms with Crippen molar-refractivity contribution in [1.29, 1.82) is 0 Å². The number of carbonyl (C=O) groups is 1. The summed E-state index contributed by atoms with van der Waals surface area (Å²) in [6, 6.07) is 8.23. The van der Waals surface area contributed by atoms with Crippen molar-refractivity contribution in [3.05, 3.63) is 97.0 Å². The minimum absolute atomic E-state index is 0.0625. The molecule has 240 valence electrons. The van der Waals surface area contributed by atoms with E-state index < -0.39 is 27.0 Å². The van der Waals surface area contributed by atoms with Gasteiger partial charge < -0.3 is 4.90 Å². The van der Waals surface area contributed by atoms with Gasteiger partial charge in [-0.3, -0.25) is 25.0 Å². The summed E-state index contributed by atoms with van der Waals surface area (Å²) >= 11 is 0. The van der Waals surface area contributed by atoms with E-state index in [1.54, 1.807) is 6.08 Å². The van der Waals surface area contributed by atoms with Gasteiger partial charge in [-0.1, -0.05) is 135 Å². The molecule has 0 atom stereocenters. The molecule has 44 heavy (non-hydrogen) atoms. The van der Waals surface area contributed by atoms with Gasteiger partial charge in [0.25, 0.3) is 11.5 Å². The van der Waals surface area contributed by atoms with E-state index in [1.165, 1.54) is 102 Å². The largest absolute Gasteiger partial charge is 0.344 e. The van der Waals surface area contributed by atoms with Crippen molar-refractivity contribution in [2.24, 2.45) is 0 Å². The Hall–Kier alpha value is -3.55. The number of para-hydroxylation sites is 1. The van der Waals surface area contributed by atoms with Crippen molar-refractivity contribution in [2.75, 3.05) is 11.4 Å². The van der Waals surface area contributed by atoms with E-state index in [1.807, 2.05) is 12.1 Å². The summed E-state index contributed by atoms with van der Waals surface area (Å²) in [5.41, 5.74) is 1.56. The molecule has 1 aliphatic carbocycles. The number of carbonyl (C=O) groups excluding carboxylic acids is 1. The highest BCUT2D eigenvalue weighted by atomic mass is 16.6. The molecule has 1 aliphatic heterocycles. The summed E-state index contributed by atoms with van der Waals surface area (Å²) in [6.45, 7) is 7.32. The number of nitrogens with zero attached hydrogens (tertiary/aromatic N) is 3. The van der Waals surface area contributed by atoms with Crippen molar-refractivity contribution < 1.29 is 14.6 Å². The molecule has 1 heterocycles. The summed E-state index contributed by atoms with van der Waals surface area (Å²) in [4.78, 5) is 36.2. The molecule has 1 aromatic carbocycles. The van der Waals surface area contributed by atoms with Crippen LogP contribution >= 0.6 is 0 Å². The van der Waals surface area contributed by atoms with E-state index in [2.05, 4.69) is 37.8 Å². The van der Waals surface area contributed by atoms with E-state index in [0.717, 1.165) is 42.9 Å². The number of Topliss-reactive ketones (excluding diaryl/α,β-unsaturated/α-hetero) is 1. The van der Waals surface area contributed by atoms with Gasteiger partial charge in [-0.15, -0.1) is 0 Å². The number of unbranched alkanes of at least 4 members (excludes halogenated alkanes) is 15. The Morgan fingerprint density at radius 3 is 1.77 bits per heavy atom. The Morgan fingerprint density at radius 2 is 1.25 bits per heavy atom. The molecule has 8 nitrogen and oxygen atoms in total. The van der Waals surface area contributed by atoms with Gasteiger partial charge in [-0.25, -0.2) is 0 Å². The Balaban J connectivity index is 1.51. The average Bonchev–Trinajstić information content (AvgIpc) is 3.21. The SMILES string of the molecule is CCCCCCCCCCCCCCCCCCN1/C(=C\C=C2/C=C([N+](=O)[O-])C=C([N+](=O)[O-])C2=O)C(C)(C)c2ccccc21. The number of benzene rings is 1. The number of ketones is 1. The van der Waals surface area contributed by atoms with Gasteiger partial charge in [0.15, 0.2) is 0 Å². The lowest BCUT2D eigenvalue weighted by Crippen LogP contribution is -2.27. The van der Waals surface area contributed by atoms with Gasteiger partial charge >= 0.3 is 5.70 Å². The fourth-order valence-electron chi connectivity index (χ4n) is 6.35. The molecular weight excluding hydrogens is 554 g/mol. The van der Waals surface area contributed by atoms with Gasteiger partial charge in [0.1, 0.15) is 0 Å². The molecule has 0 bridgehead atoms. The van der Waals surface area contributed by atoms with Gasteiger partial charge in [-0.2, -0.15) is 0 Å². The Labute approximate surface area is 263 Å². The third-order valence-electron chi connectivity index (χ3n) is 8.95. The minimum atomic E-state index is -0.862. The van der Waals surface area contributed by atoms with Crippen LogP contribution in [0.2, 0.25) is 0 Å². The van der Waals surface area contributed by atoms with Crippen LogP contribution in [0.25, 0.3) is 0 Å². The molecule has 0 unspecified atom stereocenters. The number of rotatable bonds is 20. The molecule has 0 amide bonds. The monoisotopic (exact) mass is 605 g/mol. The predicted molar refractivity (Wildman–Crippen MR) is 178 cm³/mol. The number of allylic oxidation sites excluding steroid dienone is 6. The third-order valence-corrected chi connectivity index (χ3v) is 8.95. The van der Waals surface area contributed by atoms with Crippen molar-refractivity contribution >= 4 is 11.5 Å². The Kier molecular flexibility index (Phi) is 14.0. The molecule has 2 aliphatic rings. The van der Waals surface area contributed by atoms with Crippen LogP contribution in [0.15, 0.2) is 71.2 Å². The van der Waals surface area contributed by atoms with Crippen LogP contribution < -0.4 is 4.90 Å². The number of hydrogen-bond acceptors (Lipinski definition) is 6. The maximum Gasteiger partial charge on any atom is 0.323 e. The van der Waals surface area contributed by atoms with Gasteiger partial charge in [0.05, 0.1) is 15.9 Å². The van der Waals surface area contributed by atoms with Crippen molar-refractivity contribution in [2.45, 2.75) is 129 Å². The molecule has 0 spiro atoms. The zero-order valence-electron chi connectivity index (χ0n) is 27.0. The molecule has 0 N–H and O–H groups in total. The van der Waals surface area contributed by atoms with Crippen molar-refractivity contribution in [3.63, 3.8) is 0 Å². The molecule has 3 rings (SSSR count). The fourth-order valence-corrected chi connectivity index (χ4v) is 6.35. The highest BCUT2D eigenvalue weighted by Crippen LogP contribution is 2.47. The number of nitro groups is 2. The first-order valence-electron chi connectivity index (χ1n) is 16.7. The lowest BCUT2D eigenvalue weighted by atomic mass is 9.83. The number of anilines is 1. The van der Waals surface area contributed by atoms with Crippen LogP contribution in [0, 0.1) is 20.2 Å². The lowest BCUT2D eigenvalue weighted by Gasteiger charge is -2.27. The first kappa shape index (κ1) is 34.9. The summed E-state index contributed by atoms with van der Waals surface area (Å²) in [7, 11) is 0. The van der Waals surface area contributed by atoms with Crippen molar-refractivity contribution in [3.8, 4) is 0 Å². The maximum absolute atomic E-state index is 12.8.